The SMILES string of the molecule is CC(O)CO.NC(C(=O)NC1C(=O)N2C(C(=O)O)=C(CSc3cnn[nH]3)CS[C@@H]12)c1ccc(O)cc1. The van der Waals surface area contributed by atoms with Gasteiger partial charge in [-0.3, -0.25) is 19.6 Å². The quantitative estimate of drug-likeness (QED) is 0.166. The number of carboxylic acid groups (broad SMARTS) is 1. The van der Waals surface area contributed by atoms with E-state index in [9.17, 15) is 24.6 Å². The summed E-state index contributed by atoms with van der Waals surface area (Å²) in [7, 11) is 0. The van der Waals surface area contributed by atoms with Crippen LogP contribution in [0.1, 0.15) is 18.5 Å². The number of amides is 2. The highest BCUT2D eigenvalue weighted by Gasteiger charge is 2.54. The maximum absolute atomic E-state index is 12.7. The lowest BCUT2D eigenvalue weighted by atomic mass is 10.0. The topological polar surface area (TPSA) is 215 Å². The van der Waals surface area contributed by atoms with Crippen molar-refractivity contribution in [2.24, 2.45) is 5.73 Å². The fourth-order valence-electron chi connectivity index (χ4n) is 3.29. The molecule has 1 fully saturated rings. The highest BCUT2D eigenvalue weighted by Crippen LogP contribution is 2.41. The molecule has 0 saturated carbocycles. The molecule has 2 aliphatic rings. The first-order chi connectivity index (χ1) is 17.1. The number of H-pyrrole nitrogens is 1. The number of aromatic nitrogens is 3. The Bertz CT molecular complexity index is 1110. The van der Waals surface area contributed by atoms with Gasteiger partial charge in [-0.1, -0.05) is 17.3 Å². The van der Waals surface area contributed by atoms with Gasteiger partial charge in [0.1, 0.15) is 33.9 Å². The van der Waals surface area contributed by atoms with Crippen molar-refractivity contribution in [3.63, 3.8) is 0 Å². The van der Waals surface area contributed by atoms with Gasteiger partial charge in [0.15, 0.2) is 0 Å². The first-order valence-corrected chi connectivity index (χ1v) is 12.7. The molecule has 3 unspecified atom stereocenters. The fraction of sp³-hybridized carbons (Fsp3) is 0.381. The summed E-state index contributed by atoms with van der Waals surface area (Å²) >= 11 is 2.72. The smallest absolute Gasteiger partial charge is 0.352 e. The van der Waals surface area contributed by atoms with Crippen LogP contribution < -0.4 is 11.1 Å². The largest absolute Gasteiger partial charge is 0.508 e. The number of aliphatic hydroxyl groups excluding tert-OH is 2. The molecule has 2 aromatic rings. The summed E-state index contributed by atoms with van der Waals surface area (Å²) in [6.45, 7) is 1.39. The molecular weight excluding hydrogens is 512 g/mol. The average Bonchev–Trinajstić information content (AvgIpc) is 3.39. The van der Waals surface area contributed by atoms with Crippen LogP contribution in [0, 0.1) is 0 Å². The van der Waals surface area contributed by atoms with Crippen LogP contribution in [0.5, 0.6) is 5.75 Å². The number of carbonyl (C=O) groups is 3. The molecule has 1 saturated heterocycles. The second-order valence-electron chi connectivity index (χ2n) is 7.86. The normalized spacial score (nSPS) is 20.4. The van der Waals surface area contributed by atoms with Gasteiger partial charge in [0.2, 0.25) is 5.91 Å². The van der Waals surface area contributed by atoms with Crippen molar-refractivity contribution in [1.82, 2.24) is 25.6 Å². The van der Waals surface area contributed by atoms with Crippen LogP contribution >= 0.6 is 23.5 Å². The van der Waals surface area contributed by atoms with Crippen molar-refractivity contribution in [2.75, 3.05) is 18.1 Å². The summed E-state index contributed by atoms with van der Waals surface area (Å²) in [6, 6.07) is 3.99. The maximum atomic E-state index is 12.7. The molecule has 4 atom stereocenters. The number of thioether (sulfide) groups is 2. The van der Waals surface area contributed by atoms with E-state index < -0.39 is 41.3 Å². The molecule has 0 aliphatic carbocycles. The number of benzene rings is 1. The van der Waals surface area contributed by atoms with Crippen LogP contribution in [0.15, 0.2) is 46.8 Å². The molecule has 1 aromatic carbocycles. The molecule has 3 heterocycles. The van der Waals surface area contributed by atoms with Crippen LogP contribution in [0.2, 0.25) is 0 Å². The lowest BCUT2D eigenvalue weighted by molar-refractivity contribution is -0.150. The lowest BCUT2D eigenvalue weighted by Gasteiger charge is -2.49. The van der Waals surface area contributed by atoms with Crippen molar-refractivity contribution >= 4 is 41.3 Å². The highest BCUT2D eigenvalue weighted by molar-refractivity contribution is 8.01. The zero-order chi connectivity index (χ0) is 26.4. The van der Waals surface area contributed by atoms with E-state index in [1.54, 1.807) is 0 Å². The summed E-state index contributed by atoms with van der Waals surface area (Å²) in [5.41, 5.74) is 7.00. The average molecular weight is 539 g/mol. The number of rotatable bonds is 8. The van der Waals surface area contributed by atoms with Crippen LogP contribution in [-0.4, -0.2) is 94.2 Å². The van der Waals surface area contributed by atoms with E-state index in [2.05, 4.69) is 20.7 Å². The molecule has 36 heavy (non-hydrogen) atoms. The minimum absolute atomic E-state index is 0.0468. The van der Waals surface area contributed by atoms with Gasteiger partial charge in [0, 0.05) is 11.5 Å². The van der Waals surface area contributed by atoms with Gasteiger partial charge in [0.05, 0.1) is 18.9 Å². The number of carbonyl (C=O) groups excluding carboxylic acids is 2. The monoisotopic (exact) mass is 538 g/mol. The minimum atomic E-state index is -1.19. The van der Waals surface area contributed by atoms with Crippen LogP contribution in [0.25, 0.3) is 0 Å². The van der Waals surface area contributed by atoms with E-state index in [1.165, 1.54) is 65.8 Å². The van der Waals surface area contributed by atoms with Crippen LogP contribution in [0.4, 0.5) is 0 Å². The van der Waals surface area contributed by atoms with Gasteiger partial charge >= 0.3 is 5.97 Å². The molecule has 0 bridgehead atoms. The van der Waals surface area contributed by atoms with E-state index in [1.807, 2.05) is 0 Å². The summed E-state index contributed by atoms with van der Waals surface area (Å²) in [5, 5.41) is 47.8. The molecular formula is C21H26N6O7S2. The number of aromatic amines is 1. The van der Waals surface area contributed by atoms with E-state index in [-0.39, 0.29) is 18.1 Å². The fourth-order valence-corrected chi connectivity index (χ4v) is 5.56. The number of phenolic OH excluding ortho intramolecular Hbond substituents is 1. The Balaban J connectivity index is 0.000000658. The van der Waals surface area contributed by atoms with E-state index in [4.69, 9.17) is 15.9 Å². The third-order valence-corrected chi connectivity index (χ3v) is 7.48. The van der Waals surface area contributed by atoms with Gasteiger partial charge < -0.3 is 31.5 Å². The van der Waals surface area contributed by atoms with Crippen LogP contribution in [0.3, 0.4) is 0 Å². The minimum Gasteiger partial charge on any atom is -0.508 e. The zero-order valence-electron chi connectivity index (χ0n) is 19.1. The molecule has 15 heteroatoms. The van der Waals surface area contributed by atoms with Gasteiger partial charge in [0.25, 0.3) is 5.91 Å². The molecule has 194 valence electrons. The van der Waals surface area contributed by atoms with E-state index in [0.717, 1.165) is 0 Å². The predicted octanol–water partition coefficient (Wildman–Crippen LogP) is -0.599. The van der Waals surface area contributed by atoms with Crippen molar-refractivity contribution in [1.29, 1.82) is 0 Å². The number of hydrogen-bond donors (Lipinski definition) is 7. The number of nitrogens with one attached hydrogen (secondary N) is 2. The van der Waals surface area contributed by atoms with Crippen molar-refractivity contribution in [3.8, 4) is 5.75 Å². The second kappa shape index (κ2) is 12.2. The van der Waals surface area contributed by atoms with E-state index in [0.29, 0.717) is 27.7 Å². The number of hydrogen-bond acceptors (Lipinski definition) is 11. The summed E-state index contributed by atoms with van der Waals surface area (Å²) in [4.78, 5) is 38.4. The van der Waals surface area contributed by atoms with Crippen LogP contribution in [-0.2, 0) is 14.4 Å². The molecule has 2 amide bonds. The Kier molecular flexibility index (Phi) is 9.33. The summed E-state index contributed by atoms with van der Waals surface area (Å²) < 4.78 is 0. The molecule has 0 radical (unpaired) electrons. The number of β-lactam (4-membered cyclic amide) rings is 1. The number of aliphatic hydroxyl groups is 2. The van der Waals surface area contributed by atoms with Crippen molar-refractivity contribution < 1.29 is 34.8 Å². The summed E-state index contributed by atoms with van der Waals surface area (Å²) in [5.74, 6) is -1.43. The lowest BCUT2D eigenvalue weighted by Crippen LogP contribution is -2.71. The van der Waals surface area contributed by atoms with Gasteiger partial charge in [-0.2, -0.15) is 0 Å². The number of nitrogens with two attached hydrogens (primary N) is 1. The Morgan fingerprint density at radius 3 is 2.58 bits per heavy atom. The summed E-state index contributed by atoms with van der Waals surface area (Å²) in [6.07, 6.45) is 0.970. The third kappa shape index (κ3) is 6.36. The molecule has 13 nitrogen and oxygen atoms in total. The van der Waals surface area contributed by atoms with Gasteiger partial charge in [-0.25, -0.2) is 4.79 Å². The second-order valence-corrected chi connectivity index (χ2v) is 9.99. The standard InChI is InChI=1S/C18H18N6O5S2.C3H8O2/c19-12(8-1-3-10(25)4-2-8)15(26)21-13-16(27)24-14(18(28)29)9(7-31-17(13)24)6-30-11-5-20-23-22-11;1-3(5)2-4/h1-5,12-13,17,25H,6-7,19H2,(H,21,26)(H,28,29)(H,20,22,23);3-5H,2H2,1H3/t12?,13?,17-;/m0./s1. The van der Waals surface area contributed by atoms with E-state index >= 15 is 0 Å². The molecule has 4 rings (SSSR count). The zero-order valence-corrected chi connectivity index (χ0v) is 20.7. The first kappa shape index (κ1) is 27.5. The van der Waals surface area contributed by atoms with Crippen molar-refractivity contribution in [2.45, 2.75) is 35.5 Å². The maximum Gasteiger partial charge on any atom is 0.352 e. The Morgan fingerprint density at radius 1 is 1.36 bits per heavy atom. The number of aromatic hydroxyl groups is 1. The molecule has 2 aliphatic heterocycles. The Labute approximate surface area is 214 Å². The number of phenols is 1. The van der Waals surface area contributed by atoms with Gasteiger partial charge in [-0.15, -0.1) is 28.6 Å². The number of fused-ring (bicyclic) bond motifs is 1. The predicted molar refractivity (Wildman–Crippen MR) is 131 cm³/mol. The number of aliphatic carboxylic acids is 1. The number of nitrogens with zero attached hydrogens (tertiary/aromatic N) is 3. The third-order valence-electron chi connectivity index (χ3n) is 5.14. The Hall–Kier alpha value is -3.11. The van der Waals surface area contributed by atoms with Crippen molar-refractivity contribution in [3.05, 3.63) is 47.3 Å². The Morgan fingerprint density at radius 2 is 2.03 bits per heavy atom. The highest BCUT2D eigenvalue weighted by atomic mass is 32.2. The molecule has 0 spiro atoms. The molecule has 8 N–H and O–H groups in total. The molecule has 1 aromatic heterocycles. The first-order valence-electron chi connectivity index (χ1n) is 10.7. The van der Waals surface area contributed by atoms with Gasteiger partial charge in [-0.05, 0) is 30.2 Å². The number of carboxylic acids is 1.